The summed E-state index contributed by atoms with van der Waals surface area (Å²) >= 11 is 0. The highest BCUT2D eigenvalue weighted by Crippen LogP contribution is 2.15. The summed E-state index contributed by atoms with van der Waals surface area (Å²) in [5.74, 6) is -3.00. The van der Waals surface area contributed by atoms with Crippen molar-refractivity contribution in [2.45, 2.75) is 11.8 Å². The summed E-state index contributed by atoms with van der Waals surface area (Å²) < 4.78 is 22.9. The van der Waals surface area contributed by atoms with Gasteiger partial charge < -0.3 is 15.2 Å². The maximum atomic E-state index is 11.5. The Kier molecular flexibility index (Phi) is 3.84. The third-order valence-corrected chi connectivity index (χ3v) is 3.45. The van der Waals surface area contributed by atoms with Gasteiger partial charge in [0, 0.05) is 12.6 Å². The van der Waals surface area contributed by atoms with Crippen molar-refractivity contribution in [3.8, 4) is 0 Å². The number of anilines is 1. The van der Waals surface area contributed by atoms with E-state index in [9.17, 15) is 23.1 Å². The molecular weight excluding hydrogens is 246 g/mol. The number of carboxylic acid groups (broad SMARTS) is 1. The van der Waals surface area contributed by atoms with Gasteiger partial charge in [0.2, 0.25) is 5.91 Å². The zero-order chi connectivity index (χ0) is 13.1. The molecule has 1 aromatic carbocycles. The van der Waals surface area contributed by atoms with Gasteiger partial charge in [-0.1, -0.05) is 0 Å². The van der Waals surface area contributed by atoms with Gasteiger partial charge in [-0.25, -0.2) is 8.42 Å². The number of hydrogen-bond acceptors (Lipinski definition) is 5. The van der Waals surface area contributed by atoms with Crippen LogP contribution in [-0.4, -0.2) is 26.0 Å². The number of benzene rings is 1. The normalized spacial score (nSPS) is 10.9. The number of carbonyl (C=O) groups excluding carboxylic acids is 2. The van der Waals surface area contributed by atoms with E-state index in [0.717, 1.165) is 0 Å². The second-order valence-electron chi connectivity index (χ2n) is 3.34. The molecule has 0 heterocycles. The van der Waals surface area contributed by atoms with Crippen LogP contribution in [0.2, 0.25) is 0 Å². The van der Waals surface area contributed by atoms with Crippen LogP contribution >= 0.6 is 0 Å². The van der Waals surface area contributed by atoms with Crippen LogP contribution in [-0.2, 0) is 19.4 Å². The van der Waals surface area contributed by atoms with Crippen molar-refractivity contribution in [3.63, 3.8) is 0 Å². The van der Waals surface area contributed by atoms with Crippen LogP contribution in [0, 0.1) is 0 Å². The van der Waals surface area contributed by atoms with Gasteiger partial charge in [0.25, 0.3) is 0 Å². The Morgan fingerprint density at radius 2 is 1.76 bits per heavy atom. The lowest BCUT2D eigenvalue weighted by Gasteiger charge is -2.06. The number of carbonyl (C=O) groups is 2. The first-order valence-electron chi connectivity index (χ1n) is 4.61. The number of carboxylic acids is 1. The van der Waals surface area contributed by atoms with Gasteiger partial charge in [-0.05, 0) is 24.3 Å². The Hall–Kier alpha value is -1.89. The molecular formula is C10H10NO5S-. The lowest BCUT2D eigenvalue weighted by atomic mass is 10.3. The standard InChI is InChI=1S/C10H11NO5S/c1-7(12)11-8-2-4-9(5-3-8)17(15,16)6-10(13)14/h2-5H,6H2,1H3,(H,11,12)(H,13,14)/p-1. The molecule has 0 spiro atoms. The van der Waals surface area contributed by atoms with Gasteiger partial charge in [-0.2, -0.15) is 0 Å². The molecule has 0 aromatic heterocycles. The molecule has 6 nitrogen and oxygen atoms in total. The van der Waals surface area contributed by atoms with Crippen LogP contribution in [0.15, 0.2) is 29.2 Å². The highest BCUT2D eigenvalue weighted by atomic mass is 32.2. The zero-order valence-corrected chi connectivity index (χ0v) is 9.78. The fourth-order valence-electron chi connectivity index (χ4n) is 1.19. The summed E-state index contributed by atoms with van der Waals surface area (Å²) in [6.45, 7) is 1.32. The van der Waals surface area contributed by atoms with E-state index in [1.165, 1.54) is 31.2 Å². The highest BCUT2D eigenvalue weighted by Gasteiger charge is 2.14. The van der Waals surface area contributed by atoms with E-state index in [2.05, 4.69) is 5.32 Å². The summed E-state index contributed by atoms with van der Waals surface area (Å²) in [6, 6.07) is 5.21. The van der Waals surface area contributed by atoms with E-state index in [1.54, 1.807) is 0 Å². The Balaban J connectivity index is 2.94. The average molecular weight is 256 g/mol. The average Bonchev–Trinajstić information content (AvgIpc) is 2.15. The summed E-state index contributed by atoms with van der Waals surface area (Å²) in [5.41, 5.74) is 0.435. The number of sulfone groups is 1. The molecule has 7 heteroatoms. The molecule has 0 bridgehead atoms. The maximum Gasteiger partial charge on any atom is 0.221 e. The van der Waals surface area contributed by atoms with Crippen LogP contribution in [0.4, 0.5) is 5.69 Å². The molecule has 17 heavy (non-hydrogen) atoms. The van der Waals surface area contributed by atoms with Crippen molar-refractivity contribution in [1.82, 2.24) is 0 Å². The van der Waals surface area contributed by atoms with Crippen molar-refractivity contribution in [3.05, 3.63) is 24.3 Å². The lowest BCUT2D eigenvalue weighted by Crippen LogP contribution is -2.30. The zero-order valence-electron chi connectivity index (χ0n) is 8.97. The first-order valence-corrected chi connectivity index (χ1v) is 6.27. The number of rotatable bonds is 4. The van der Waals surface area contributed by atoms with Gasteiger partial charge in [0.15, 0.2) is 9.84 Å². The number of nitrogens with one attached hydrogen (secondary N) is 1. The third kappa shape index (κ3) is 3.87. The maximum absolute atomic E-state index is 11.5. The molecule has 0 saturated heterocycles. The molecule has 1 aromatic rings. The summed E-state index contributed by atoms with van der Waals surface area (Å²) in [6.07, 6.45) is 0. The fraction of sp³-hybridized carbons (Fsp3) is 0.200. The third-order valence-electron chi connectivity index (χ3n) is 1.84. The van der Waals surface area contributed by atoms with Gasteiger partial charge in [0.05, 0.1) is 16.6 Å². The smallest absolute Gasteiger partial charge is 0.221 e. The molecule has 1 N–H and O–H groups in total. The predicted molar refractivity (Wildman–Crippen MR) is 57.8 cm³/mol. The van der Waals surface area contributed by atoms with E-state index < -0.39 is 21.6 Å². The van der Waals surface area contributed by atoms with E-state index >= 15 is 0 Å². The number of amides is 1. The second-order valence-corrected chi connectivity index (χ2v) is 5.33. The molecule has 0 atom stereocenters. The van der Waals surface area contributed by atoms with E-state index in [4.69, 9.17) is 0 Å². The van der Waals surface area contributed by atoms with Crippen LogP contribution in [0.1, 0.15) is 6.92 Å². The summed E-state index contributed by atoms with van der Waals surface area (Å²) in [7, 11) is -3.88. The van der Waals surface area contributed by atoms with Gasteiger partial charge >= 0.3 is 0 Å². The number of hydrogen-bond donors (Lipinski definition) is 1. The molecule has 0 fully saturated rings. The van der Waals surface area contributed by atoms with Crippen molar-refractivity contribution in [1.29, 1.82) is 0 Å². The molecule has 0 aliphatic heterocycles. The van der Waals surface area contributed by atoms with Crippen LogP contribution in [0.3, 0.4) is 0 Å². The SMILES string of the molecule is CC(=O)Nc1ccc(S(=O)(=O)CC(=O)[O-])cc1. The van der Waals surface area contributed by atoms with Gasteiger partial charge in [-0.3, -0.25) is 4.79 Å². The van der Waals surface area contributed by atoms with Crippen LogP contribution < -0.4 is 10.4 Å². The van der Waals surface area contributed by atoms with Crippen LogP contribution in [0.25, 0.3) is 0 Å². The summed E-state index contributed by atoms with van der Waals surface area (Å²) in [5, 5.41) is 12.7. The Morgan fingerprint density at radius 3 is 2.18 bits per heavy atom. The Labute approximate surface area is 98.2 Å². The molecule has 0 aliphatic carbocycles. The molecule has 1 amide bonds. The Morgan fingerprint density at radius 1 is 1.24 bits per heavy atom. The molecule has 92 valence electrons. The minimum Gasteiger partial charge on any atom is -0.549 e. The van der Waals surface area contributed by atoms with E-state index in [0.29, 0.717) is 5.69 Å². The van der Waals surface area contributed by atoms with E-state index in [1.807, 2.05) is 0 Å². The molecule has 0 radical (unpaired) electrons. The fourth-order valence-corrected chi connectivity index (χ4v) is 2.22. The van der Waals surface area contributed by atoms with Gasteiger partial charge in [0.1, 0.15) is 0 Å². The highest BCUT2D eigenvalue weighted by molar-refractivity contribution is 7.92. The monoisotopic (exact) mass is 256 g/mol. The minimum atomic E-state index is -3.88. The lowest BCUT2D eigenvalue weighted by molar-refractivity contribution is -0.301. The molecule has 0 unspecified atom stereocenters. The van der Waals surface area contributed by atoms with Crippen molar-refractivity contribution in [2.24, 2.45) is 0 Å². The van der Waals surface area contributed by atoms with Crippen LogP contribution in [0.5, 0.6) is 0 Å². The second kappa shape index (κ2) is 4.96. The van der Waals surface area contributed by atoms with Gasteiger partial charge in [-0.15, -0.1) is 0 Å². The van der Waals surface area contributed by atoms with E-state index in [-0.39, 0.29) is 10.8 Å². The first kappa shape index (κ1) is 13.2. The molecule has 0 saturated carbocycles. The van der Waals surface area contributed by atoms with Crippen molar-refractivity contribution >= 4 is 27.4 Å². The van der Waals surface area contributed by atoms with Crippen molar-refractivity contribution in [2.75, 3.05) is 11.1 Å². The quantitative estimate of drug-likeness (QED) is 0.757. The largest absolute Gasteiger partial charge is 0.549 e. The Bertz CT molecular complexity index is 532. The topological polar surface area (TPSA) is 103 Å². The minimum absolute atomic E-state index is 0.129. The molecule has 0 aliphatic rings. The molecule has 1 rings (SSSR count). The summed E-state index contributed by atoms with van der Waals surface area (Å²) in [4.78, 5) is 20.8. The first-order chi connectivity index (χ1) is 7.81. The number of aliphatic carboxylic acids is 1. The van der Waals surface area contributed by atoms with Crippen molar-refractivity contribution < 1.29 is 23.1 Å². The predicted octanol–water partition coefficient (Wildman–Crippen LogP) is -0.831.